The van der Waals surface area contributed by atoms with Crippen molar-refractivity contribution >= 4 is 54.8 Å². The first kappa shape index (κ1) is 23.5. The lowest BCUT2D eigenvalue weighted by Gasteiger charge is -1.91. The highest BCUT2D eigenvalue weighted by molar-refractivity contribution is 15.0. The lowest BCUT2D eigenvalue weighted by atomic mass is 10.3. The molecule has 110 valence electrons. The van der Waals surface area contributed by atoms with Crippen LogP contribution in [0.2, 0.25) is 0 Å². The third-order valence-corrected chi connectivity index (χ3v) is 1.30. The number of nitrogens with zero attached hydrogens (tertiary/aromatic N) is 1. The Morgan fingerprint density at radius 3 is 1.79 bits per heavy atom. The third kappa shape index (κ3) is 23.0. The van der Waals surface area contributed by atoms with Crippen molar-refractivity contribution in [3.63, 3.8) is 0 Å². The number of para-hydroxylation sites is 1. The molecule has 1 aromatic carbocycles. The summed E-state index contributed by atoms with van der Waals surface area (Å²) in [6.45, 7) is 5.36. The van der Waals surface area contributed by atoms with Gasteiger partial charge in [-0.2, -0.15) is 0 Å². The van der Waals surface area contributed by atoms with E-state index >= 15 is 0 Å². The van der Waals surface area contributed by atoms with E-state index in [0.717, 1.165) is 5.69 Å². The second-order valence-corrected chi connectivity index (χ2v) is 2.57. The molecule has 4 N–H and O–H groups in total. The standard InChI is InChI=1S/C7H9N3.C3H6O2.C2H6.I2/c8-7(9)10-6-4-2-1-3-5-6;1-3(4)5-2;2*1-2/h1-5H,(H4,8,9,10);1-2H3;1-2H3;. The van der Waals surface area contributed by atoms with Gasteiger partial charge < -0.3 is 16.2 Å². The van der Waals surface area contributed by atoms with E-state index in [9.17, 15) is 4.79 Å². The van der Waals surface area contributed by atoms with Gasteiger partial charge in [0.05, 0.1) is 12.8 Å². The quantitative estimate of drug-likeness (QED) is 0.271. The fourth-order valence-corrected chi connectivity index (χ4v) is 0.652. The highest BCUT2D eigenvalue weighted by Gasteiger charge is 1.83. The van der Waals surface area contributed by atoms with Crippen molar-refractivity contribution in [2.45, 2.75) is 20.8 Å². The number of hydrogen-bond donors (Lipinski definition) is 2. The number of hydrogen-bond acceptors (Lipinski definition) is 3. The Kier molecular flexibility index (Phi) is 24.4. The molecule has 0 bridgehead atoms. The predicted octanol–water partition coefficient (Wildman–Crippen LogP) is 3.57. The van der Waals surface area contributed by atoms with Crippen LogP contribution in [0.1, 0.15) is 20.8 Å². The maximum Gasteiger partial charge on any atom is 0.302 e. The maximum absolute atomic E-state index is 9.59. The minimum absolute atomic E-state index is 0.0891. The van der Waals surface area contributed by atoms with Gasteiger partial charge in [0.15, 0.2) is 5.96 Å². The molecule has 7 heteroatoms. The van der Waals surface area contributed by atoms with Gasteiger partial charge >= 0.3 is 5.97 Å². The first-order valence-electron chi connectivity index (χ1n) is 5.39. The molecule has 0 unspecified atom stereocenters. The van der Waals surface area contributed by atoms with Gasteiger partial charge in [-0.3, -0.25) is 4.79 Å². The summed E-state index contributed by atoms with van der Waals surface area (Å²) < 4.78 is 4.11. The van der Waals surface area contributed by atoms with Crippen molar-refractivity contribution < 1.29 is 9.53 Å². The van der Waals surface area contributed by atoms with Crippen LogP contribution in [0.5, 0.6) is 0 Å². The Hall–Kier alpha value is -0.580. The van der Waals surface area contributed by atoms with Crippen LogP contribution in [0.3, 0.4) is 0 Å². The Labute approximate surface area is 138 Å². The number of nitrogens with two attached hydrogens (primary N) is 2. The number of halogens is 2. The normalized spacial score (nSPS) is 7.05. The van der Waals surface area contributed by atoms with E-state index in [1.165, 1.54) is 14.0 Å². The molecule has 0 spiro atoms. The van der Waals surface area contributed by atoms with E-state index in [-0.39, 0.29) is 11.9 Å². The smallest absolute Gasteiger partial charge is 0.302 e. The molecule has 1 aromatic rings. The van der Waals surface area contributed by atoms with Crippen molar-refractivity contribution in [3.05, 3.63) is 30.3 Å². The first-order valence-corrected chi connectivity index (χ1v) is 11.7. The zero-order chi connectivity index (χ0) is 15.7. The topological polar surface area (TPSA) is 90.7 Å². The average molecular weight is 493 g/mol. The van der Waals surface area contributed by atoms with Crippen LogP contribution in [0.4, 0.5) is 5.69 Å². The number of guanidine groups is 1. The van der Waals surface area contributed by atoms with Gasteiger partial charge in [0.1, 0.15) is 0 Å². The molecule has 0 radical (unpaired) electrons. The van der Waals surface area contributed by atoms with E-state index in [2.05, 4.69) is 47.0 Å². The van der Waals surface area contributed by atoms with Crippen molar-refractivity contribution in [3.8, 4) is 0 Å². The molecule has 5 nitrogen and oxygen atoms in total. The van der Waals surface area contributed by atoms with E-state index in [1.807, 2.05) is 44.2 Å². The summed E-state index contributed by atoms with van der Waals surface area (Å²) in [5.74, 6) is -0.156. The van der Waals surface area contributed by atoms with Crippen molar-refractivity contribution in [1.82, 2.24) is 0 Å². The third-order valence-electron chi connectivity index (χ3n) is 1.30. The second kappa shape index (κ2) is 19.8. The number of rotatable bonds is 1. The van der Waals surface area contributed by atoms with Crippen molar-refractivity contribution in [1.29, 1.82) is 0 Å². The number of methoxy groups -OCH3 is 1. The zero-order valence-corrected chi connectivity index (χ0v) is 15.9. The van der Waals surface area contributed by atoms with Gasteiger partial charge in [-0.1, -0.05) is 32.0 Å². The molecule has 0 saturated heterocycles. The number of carbonyl (C=O) groups is 1. The molecule has 0 saturated carbocycles. The molecule has 0 heterocycles. The van der Waals surface area contributed by atoms with Crippen LogP contribution >= 0.6 is 37.2 Å². The monoisotopic (exact) mass is 493 g/mol. The van der Waals surface area contributed by atoms with Crippen LogP contribution in [0.25, 0.3) is 0 Å². The van der Waals surface area contributed by atoms with Gasteiger partial charge in [0.25, 0.3) is 0 Å². The number of esters is 1. The Morgan fingerprint density at radius 1 is 1.16 bits per heavy atom. The number of carbonyl (C=O) groups excluding carboxylic acids is 1. The Bertz CT molecular complexity index is 329. The minimum Gasteiger partial charge on any atom is -0.469 e. The van der Waals surface area contributed by atoms with Crippen molar-refractivity contribution in [2.24, 2.45) is 16.5 Å². The van der Waals surface area contributed by atoms with E-state index in [4.69, 9.17) is 11.5 Å². The molecule has 0 atom stereocenters. The molecule has 0 aliphatic rings. The van der Waals surface area contributed by atoms with Crippen LogP contribution in [0.15, 0.2) is 35.3 Å². The summed E-state index contributed by atoms with van der Waals surface area (Å²) in [6.07, 6.45) is 0. The fraction of sp³-hybridized carbons (Fsp3) is 0.333. The molecule has 0 aliphatic heterocycles. The molecule has 0 aromatic heterocycles. The van der Waals surface area contributed by atoms with Crippen LogP contribution in [-0.2, 0) is 9.53 Å². The largest absolute Gasteiger partial charge is 0.469 e. The Balaban J connectivity index is -0.000000242. The van der Waals surface area contributed by atoms with E-state index in [1.54, 1.807) is 0 Å². The van der Waals surface area contributed by atoms with Gasteiger partial charge in [-0.15, -0.1) is 0 Å². The van der Waals surface area contributed by atoms with E-state index in [0.29, 0.717) is 0 Å². The predicted molar refractivity (Wildman–Crippen MR) is 99.0 cm³/mol. The Morgan fingerprint density at radius 2 is 1.53 bits per heavy atom. The minimum atomic E-state index is -0.245. The summed E-state index contributed by atoms with van der Waals surface area (Å²) in [7, 11) is 1.35. The summed E-state index contributed by atoms with van der Waals surface area (Å²) in [5, 5.41) is 0. The average Bonchev–Trinajstić information content (AvgIpc) is 2.44. The summed E-state index contributed by atoms with van der Waals surface area (Å²) in [6, 6.07) is 9.33. The van der Waals surface area contributed by atoms with Crippen LogP contribution in [0, 0.1) is 0 Å². The van der Waals surface area contributed by atoms with Crippen LogP contribution < -0.4 is 11.5 Å². The lowest BCUT2D eigenvalue weighted by molar-refractivity contribution is -0.137. The highest BCUT2D eigenvalue weighted by atomic mass is 128. The summed E-state index contributed by atoms with van der Waals surface area (Å²) in [4.78, 5) is 13.4. The lowest BCUT2D eigenvalue weighted by Crippen LogP contribution is -2.21. The summed E-state index contributed by atoms with van der Waals surface area (Å²) in [5.41, 5.74) is 11.1. The van der Waals surface area contributed by atoms with Crippen LogP contribution in [-0.4, -0.2) is 19.0 Å². The fourth-order valence-electron chi connectivity index (χ4n) is 0.652. The van der Waals surface area contributed by atoms with Gasteiger partial charge in [-0.05, 0) is 12.1 Å². The van der Waals surface area contributed by atoms with Gasteiger partial charge in [-0.25, -0.2) is 4.99 Å². The molecule has 0 aliphatic carbocycles. The van der Waals surface area contributed by atoms with Gasteiger partial charge in [0, 0.05) is 44.2 Å². The molecular formula is C12H21I2N3O2. The summed E-state index contributed by atoms with van der Waals surface area (Å²) >= 11 is 4.24. The van der Waals surface area contributed by atoms with E-state index < -0.39 is 0 Å². The number of ether oxygens (including phenoxy) is 1. The number of benzene rings is 1. The molecule has 0 fully saturated rings. The van der Waals surface area contributed by atoms with Crippen molar-refractivity contribution in [2.75, 3.05) is 7.11 Å². The van der Waals surface area contributed by atoms with Gasteiger partial charge in [0.2, 0.25) is 0 Å². The molecular weight excluding hydrogens is 472 g/mol. The zero-order valence-electron chi connectivity index (χ0n) is 11.6. The second-order valence-electron chi connectivity index (χ2n) is 2.57. The highest BCUT2D eigenvalue weighted by Crippen LogP contribution is 2.07. The molecule has 19 heavy (non-hydrogen) atoms. The maximum atomic E-state index is 9.59. The SMILES string of the molecule is CC.COC(C)=O.II.NC(N)=Nc1ccccc1. The first-order chi connectivity index (χ1) is 9.06. The molecule has 1 rings (SSSR count). The molecule has 0 amide bonds. The number of aliphatic imine (C=N–C) groups is 1.